The third-order valence-corrected chi connectivity index (χ3v) is 6.84. The zero-order valence-electron chi connectivity index (χ0n) is 19.1. The van der Waals surface area contributed by atoms with Crippen molar-refractivity contribution in [3.63, 3.8) is 0 Å². The van der Waals surface area contributed by atoms with Crippen LogP contribution < -0.4 is 10.1 Å². The van der Waals surface area contributed by atoms with Gasteiger partial charge in [-0.2, -0.15) is 13.5 Å². The van der Waals surface area contributed by atoms with Gasteiger partial charge in [0, 0.05) is 5.39 Å². The average Bonchev–Trinajstić information content (AvgIpc) is 2.84. The van der Waals surface area contributed by atoms with E-state index >= 15 is 0 Å². The fraction of sp³-hybridized carbons (Fsp3) is 0.0800. The van der Waals surface area contributed by atoms with Gasteiger partial charge in [0.15, 0.2) is 5.75 Å². The summed E-state index contributed by atoms with van der Waals surface area (Å²) < 4.78 is 38.1. The molecule has 4 rings (SSSR count). The summed E-state index contributed by atoms with van der Waals surface area (Å²) in [5, 5.41) is 22.9. The standard InChI is InChI=1S/C25H20ClN3O6S/c1-14-11-16(13-21(22(14)26)36(32,33)34)28-29-23-17-8-4-3-7-15(17)12-18(24(23)30)25(31)27-19-9-5-6-10-20(19)35-2/h3-13,30H,1-2H3,(H,27,31)(H,32,33,34). The van der Waals surface area contributed by atoms with E-state index in [1.54, 1.807) is 55.5 Å². The number of rotatable bonds is 6. The number of carbonyl (C=O) groups excluding carboxylic acids is 1. The van der Waals surface area contributed by atoms with Gasteiger partial charge in [0.05, 0.1) is 29.1 Å². The number of halogens is 1. The van der Waals surface area contributed by atoms with Crippen LogP contribution in [0.1, 0.15) is 15.9 Å². The lowest BCUT2D eigenvalue weighted by Crippen LogP contribution is -2.13. The Balaban J connectivity index is 1.81. The first kappa shape index (κ1) is 25.1. The number of aromatic hydroxyl groups is 1. The van der Waals surface area contributed by atoms with Crippen molar-refractivity contribution >= 4 is 55.5 Å². The van der Waals surface area contributed by atoms with Crippen molar-refractivity contribution in [1.29, 1.82) is 0 Å². The van der Waals surface area contributed by atoms with E-state index in [1.165, 1.54) is 19.2 Å². The minimum atomic E-state index is -4.60. The van der Waals surface area contributed by atoms with E-state index in [2.05, 4.69) is 15.5 Å². The molecular weight excluding hydrogens is 506 g/mol. The number of nitrogens with zero attached hydrogens (tertiary/aromatic N) is 2. The minimum absolute atomic E-state index is 0.000662. The van der Waals surface area contributed by atoms with Gasteiger partial charge in [0.25, 0.3) is 16.0 Å². The number of methoxy groups -OCH3 is 1. The van der Waals surface area contributed by atoms with E-state index in [9.17, 15) is 22.9 Å². The first-order chi connectivity index (χ1) is 17.1. The summed E-state index contributed by atoms with van der Waals surface area (Å²) >= 11 is 6.01. The Morgan fingerprint density at radius 3 is 2.44 bits per heavy atom. The molecule has 36 heavy (non-hydrogen) atoms. The first-order valence-corrected chi connectivity index (χ1v) is 12.3. The predicted octanol–water partition coefficient (Wildman–Crippen LogP) is 6.43. The van der Waals surface area contributed by atoms with E-state index in [-0.39, 0.29) is 22.0 Å². The summed E-state index contributed by atoms with van der Waals surface area (Å²) in [6.45, 7) is 1.55. The van der Waals surface area contributed by atoms with Crippen LogP contribution in [0.5, 0.6) is 11.5 Å². The molecule has 0 aromatic heterocycles. The molecule has 0 aliphatic carbocycles. The molecule has 0 atom stereocenters. The SMILES string of the molecule is COc1ccccc1NC(=O)c1cc2ccccc2c(N=Nc2cc(C)c(Cl)c(S(=O)(=O)O)c2)c1O. The van der Waals surface area contributed by atoms with Gasteiger partial charge in [-0.25, -0.2) is 0 Å². The van der Waals surface area contributed by atoms with Gasteiger partial charge in [-0.1, -0.05) is 48.0 Å². The van der Waals surface area contributed by atoms with Crippen molar-refractivity contribution in [3.05, 3.63) is 82.9 Å². The lowest BCUT2D eigenvalue weighted by molar-refractivity contribution is 0.102. The highest BCUT2D eigenvalue weighted by molar-refractivity contribution is 7.86. The topological polar surface area (TPSA) is 138 Å². The maximum absolute atomic E-state index is 13.1. The van der Waals surface area contributed by atoms with Crippen molar-refractivity contribution in [1.82, 2.24) is 0 Å². The summed E-state index contributed by atoms with van der Waals surface area (Å²) in [5.74, 6) is -0.584. The fourth-order valence-corrected chi connectivity index (χ4v) is 4.66. The fourth-order valence-electron chi connectivity index (χ4n) is 3.60. The van der Waals surface area contributed by atoms with Crippen molar-refractivity contribution in [2.24, 2.45) is 10.2 Å². The van der Waals surface area contributed by atoms with Crippen LogP contribution in [0, 0.1) is 6.92 Å². The largest absolute Gasteiger partial charge is 0.505 e. The second-order valence-electron chi connectivity index (χ2n) is 7.75. The van der Waals surface area contributed by atoms with Crippen LogP contribution in [-0.2, 0) is 10.1 Å². The average molecular weight is 526 g/mol. The van der Waals surface area contributed by atoms with E-state index in [0.29, 0.717) is 27.8 Å². The molecule has 0 heterocycles. The van der Waals surface area contributed by atoms with Crippen LogP contribution in [0.2, 0.25) is 5.02 Å². The molecule has 0 bridgehead atoms. The van der Waals surface area contributed by atoms with Crippen LogP contribution in [0.3, 0.4) is 0 Å². The third-order valence-electron chi connectivity index (χ3n) is 5.34. The van der Waals surface area contributed by atoms with Crippen molar-refractivity contribution in [2.75, 3.05) is 12.4 Å². The number of ether oxygens (including phenoxy) is 1. The number of benzene rings is 4. The van der Waals surface area contributed by atoms with Gasteiger partial charge in [0.2, 0.25) is 0 Å². The Bertz CT molecular complexity index is 1640. The van der Waals surface area contributed by atoms with Gasteiger partial charge in [0.1, 0.15) is 16.3 Å². The molecule has 0 aliphatic rings. The van der Waals surface area contributed by atoms with Crippen molar-refractivity contribution < 1.29 is 27.6 Å². The maximum Gasteiger partial charge on any atom is 0.296 e. The Labute approximate surface area is 211 Å². The van der Waals surface area contributed by atoms with Gasteiger partial charge >= 0.3 is 0 Å². The second-order valence-corrected chi connectivity index (χ2v) is 9.51. The summed E-state index contributed by atoms with van der Waals surface area (Å²) in [7, 11) is -3.13. The number of phenolic OH excluding ortho intramolecular Hbond substituents is 1. The number of carbonyl (C=O) groups is 1. The third kappa shape index (κ3) is 5.01. The maximum atomic E-state index is 13.1. The Hall–Kier alpha value is -3.99. The van der Waals surface area contributed by atoms with Gasteiger partial charge in [-0.3, -0.25) is 9.35 Å². The number of para-hydroxylation sites is 2. The molecule has 0 fully saturated rings. The highest BCUT2D eigenvalue weighted by Gasteiger charge is 2.20. The van der Waals surface area contributed by atoms with Crippen LogP contribution in [0.25, 0.3) is 10.8 Å². The van der Waals surface area contributed by atoms with E-state index in [1.807, 2.05) is 0 Å². The predicted molar refractivity (Wildman–Crippen MR) is 137 cm³/mol. The highest BCUT2D eigenvalue weighted by atomic mass is 35.5. The number of azo groups is 1. The normalized spacial score (nSPS) is 11.7. The summed E-state index contributed by atoms with van der Waals surface area (Å²) in [5.41, 5.74) is 0.769. The summed E-state index contributed by atoms with van der Waals surface area (Å²) in [6.07, 6.45) is 0. The number of anilines is 1. The molecule has 9 nitrogen and oxygen atoms in total. The molecule has 0 unspecified atom stereocenters. The second kappa shape index (κ2) is 9.94. The smallest absolute Gasteiger partial charge is 0.296 e. The van der Waals surface area contributed by atoms with Gasteiger partial charge < -0.3 is 15.2 Å². The molecule has 3 N–H and O–H groups in total. The molecule has 0 radical (unpaired) electrons. The number of hydrogen-bond donors (Lipinski definition) is 3. The quantitative estimate of drug-likeness (QED) is 0.196. The number of aryl methyl sites for hydroxylation is 1. The molecule has 1 amide bonds. The van der Waals surface area contributed by atoms with E-state index in [4.69, 9.17) is 16.3 Å². The molecule has 0 aliphatic heterocycles. The molecule has 0 saturated carbocycles. The molecule has 0 saturated heterocycles. The summed E-state index contributed by atoms with van der Waals surface area (Å²) in [6, 6.07) is 17.8. The van der Waals surface area contributed by atoms with Gasteiger partial charge in [-0.05, 0) is 48.2 Å². The molecule has 4 aromatic carbocycles. The number of amides is 1. The lowest BCUT2D eigenvalue weighted by Gasteiger charge is -2.13. The lowest BCUT2D eigenvalue weighted by atomic mass is 10.0. The minimum Gasteiger partial charge on any atom is -0.505 e. The van der Waals surface area contributed by atoms with Crippen molar-refractivity contribution in [3.8, 4) is 11.5 Å². The summed E-state index contributed by atoms with van der Waals surface area (Å²) in [4.78, 5) is 12.6. The van der Waals surface area contributed by atoms with Crippen LogP contribution in [0.15, 0.2) is 81.9 Å². The van der Waals surface area contributed by atoms with Gasteiger partial charge in [-0.15, -0.1) is 5.11 Å². The number of hydrogen-bond acceptors (Lipinski definition) is 7. The van der Waals surface area contributed by atoms with E-state index < -0.39 is 26.7 Å². The number of fused-ring (bicyclic) bond motifs is 1. The highest BCUT2D eigenvalue weighted by Crippen LogP contribution is 2.40. The monoisotopic (exact) mass is 525 g/mol. The molecule has 11 heteroatoms. The van der Waals surface area contributed by atoms with Crippen LogP contribution in [-0.4, -0.2) is 31.1 Å². The zero-order valence-corrected chi connectivity index (χ0v) is 20.6. The Kier molecular flexibility index (Phi) is 6.93. The van der Waals surface area contributed by atoms with E-state index in [0.717, 1.165) is 6.07 Å². The molecule has 184 valence electrons. The van der Waals surface area contributed by atoms with Crippen LogP contribution in [0.4, 0.5) is 17.1 Å². The number of phenols is 1. The molecule has 0 spiro atoms. The van der Waals surface area contributed by atoms with Crippen LogP contribution >= 0.6 is 11.6 Å². The first-order valence-electron chi connectivity index (χ1n) is 10.5. The Morgan fingerprint density at radius 1 is 1.03 bits per heavy atom. The molecular formula is C25H20ClN3O6S. The Morgan fingerprint density at radius 2 is 1.72 bits per heavy atom. The molecule has 4 aromatic rings. The van der Waals surface area contributed by atoms with Crippen molar-refractivity contribution in [2.45, 2.75) is 11.8 Å². The zero-order chi connectivity index (χ0) is 26.0. The number of nitrogens with one attached hydrogen (secondary N) is 1.